The van der Waals surface area contributed by atoms with E-state index in [1.54, 1.807) is 13.4 Å². The summed E-state index contributed by atoms with van der Waals surface area (Å²) in [5.74, 6) is 2.41. The van der Waals surface area contributed by atoms with Crippen molar-refractivity contribution in [2.45, 2.75) is 19.7 Å². The van der Waals surface area contributed by atoms with Gasteiger partial charge < -0.3 is 19.2 Å². The smallest absolute Gasteiger partial charge is 0.170 e. The summed E-state index contributed by atoms with van der Waals surface area (Å²) in [6, 6.07) is 17.5. The van der Waals surface area contributed by atoms with Crippen molar-refractivity contribution in [2.75, 3.05) is 7.11 Å². The average Bonchev–Trinajstić information content (AvgIpc) is 3.15. The summed E-state index contributed by atoms with van der Waals surface area (Å²) >= 11 is 6.22. The summed E-state index contributed by atoms with van der Waals surface area (Å²) in [4.78, 5) is 0. The number of hydrogen-bond acceptors (Lipinski definition) is 3. The Labute approximate surface area is 152 Å². The zero-order chi connectivity index (χ0) is 17.5. The maximum atomic E-state index is 6.22. The number of furan rings is 1. The van der Waals surface area contributed by atoms with Gasteiger partial charge in [-0.25, -0.2) is 0 Å². The van der Waals surface area contributed by atoms with Crippen LogP contribution in [-0.2, 0) is 19.7 Å². The Morgan fingerprint density at radius 3 is 2.56 bits per heavy atom. The Morgan fingerprint density at radius 2 is 1.80 bits per heavy atom. The van der Waals surface area contributed by atoms with Gasteiger partial charge in [-0.15, -0.1) is 0 Å². The Kier molecular flexibility index (Phi) is 5.99. The molecule has 2 N–H and O–H groups in total. The van der Waals surface area contributed by atoms with Gasteiger partial charge in [-0.2, -0.15) is 0 Å². The molecule has 25 heavy (non-hydrogen) atoms. The SMILES string of the molecule is COc1cccc(C[NH2+]Cc2ccco2)c1OCc1ccccc1Cl. The molecule has 4 nitrogen and oxygen atoms in total. The molecule has 0 saturated carbocycles. The van der Waals surface area contributed by atoms with E-state index in [0.717, 1.165) is 41.5 Å². The molecule has 0 unspecified atom stereocenters. The highest BCUT2D eigenvalue weighted by atomic mass is 35.5. The molecule has 0 bridgehead atoms. The number of nitrogens with two attached hydrogens (primary N) is 1. The number of benzene rings is 2. The number of rotatable bonds is 8. The standard InChI is InChI=1S/C20H20ClNO3/c1-23-19-10-4-7-15(12-22-13-17-8-5-11-24-17)20(19)25-14-16-6-2-3-9-18(16)21/h2-11,22H,12-14H2,1H3/p+1. The lowest BCUT2D eigenvalue weighted by Crippen LogP contribution is -2.80. The van der Waals surface area contributed by atoms with Crippen molar-refractivity contribution < 1.29 is 19.2 Å². The second-order valence-electron chi connectivity index (χ2n) is 5.60. The Balaban J connectivity index is 1.71. The van der Waals surface area contributed by atoms with E-state index in [9.17, 15) is 0 Å². The van der Waals surface area contributed by atoms with Crippen LogP contribution in [0.5, 0.6) is 11.5 Å². The molecule has 0 atom stereocenters. The Bertz CT molecular complexity index is 802. The van der Waals surface area contributed by atoms with E-state index in [4.69, 9.17) is 25.5 Å². The van der Waals surface area contributed by atoms with Gasteiger partial charge in [0.2, 0.25) is 0 Å². The van der Waals surface area contributed by atoms with Gasteiger partial charge in [-0.1, -0.05) is 35.9 Å². The van der Waals surface area contributed by atoms with Crippen molar-refractivity contribution in [2.24, 2.45) is 0 Å². The predicted octanol–water partition coefficient (Wildman–Crippen LogP) is 3.78. The highest BCUT2D eigenvalue weighted by molar-refractivity contribution is 6.31. The third-order valence-electron chi connectivity index (χ3n) is 3.90. The van der Waals surface area contributed by atoms with Crippen LogP contribution >= 0.6 is 11.6 Å². The van der Waals surface area contributed by atoms with Crippen LogP contribution in [-0.4, -0.2) is 7.11 Å². The highest BCUT2D eigenvalue weighted by Gasteiger charge is 2.13. The number of methoxy groups -OCH3 is 1. The van der Waals surface area contributed by atoms with Gasteiger partial charge in [-0.05, 0) is 30.3 Å². The fourth-order valence-electron chi connectivity index (χ4n) is 2.61. The van der Waals surface area contributed by atoms with E-state index in [-0.39, 0.29) is 0 Å². The van der Waals surface area contributed by atoms with E-state index >= 15 is 0 Å². The lowest BCUT2D eigenvalue weighted by Gasteiger charge is -2.15. The first-order valence-electron chi connectivity index (χ1n) is 8.14. The minimum absolute atomic E-state index is 0.394. The number of ether oxygens (including phenoxy) is 2. The topological polar surface area (TPSA) is 48.2 Å². The first-order valence-corrected chi connectivity index (χ1v) is 8.52. The van der Waals surface area contributed by atoms with Crippen molar-refractivity contribution >= 4 is 11.6 Å². The van der Waals surface area contributed by atoms with E-state index < -0.39 is 0 Å². The summed E-state index contributed by atoms with van der Waals surface area (Å²) in [5.41, 5.74) is 2.01. The van der Waals surface area contributed by atoms with E-state index in [0.29, 0.717) is 11.6 Å². The van der Waals surface area contributed by atoms with Crippen molar-refractivity contribution in [3.8, 4) is 11.5 Å². The molecule has 0 spiro atoms. The fourth-order valence-corrected chi connectivity index (χ4v) is 2.80. The molecule has 0 aliphatic heterocycles. The van der Waals surface area contributed by atoms with Crippen molar-refractivity contribution in [1.82, 2.24) is 0 Å². The third kappa shape index (κ3) is 4.56. The molecule has 1 aromatic heterocycles. The van der Waals surface area contributed by atoms with Crippen LogP contribution in [0.3, 0.4) is 0 Å². The maximum absolute atomic E-state index is 6.22. The number of quaternary nitrogens is 1. The second-order valence-corrected chi connectivity index (χ2v) is 6.01. The lowest BCUT2D eigenvalue weighted by molar-refractivity contribution is -0.688. The average molecular weight is 359 g/mol. The monoisotopic (exact) mass is 358 g/mol. The van der Waals surface area contributed by atoms with E-state index in [1.165, 1.54) is 0 Å². The summed E-state index contributed by atoms with van der Waals surface area (Å²) in [6.45, 7) is 1.93. The van der Waals surface area contributed by atoms with Crippen molar-refractivity contribution in [3.05, 3.63) is 82.8 Å². The molecule has 0 amide bonds. The number of para-hydroxylation sites is 1. The maximum Gasteiger partial charge on any atom is 0.170 e. The van der Waals surface area contributed by atoms with Crippen LogP contribution in [0.1, 0.15) is 16.9 Å². The third-order valence-corrected chi connectivity index (χ3v) is 4.27. The Hall–Kier alpha value is -2.43. The summed E-state index contributed by atoms with van der Waals surface area (Å²) in [6.07, 6.45) is 1.69. The van der Waals surface area contributed by atoms with Crippen molar-refractivity contribution in [3.63, 3.8) is 0 Å². The van der Waals surface area contributed by atoms with Gasteiger partial charge in [0.25, 0.3) is 0 Å². The zero-order valence-electron chi connectivity index (χ0n) is 14.1. The lowest BCUT2D eigenvalue weighted by atomic mass is 10.1. The minimum atomic E-state index is 0.394. The van der Waals surface area contributed by atoms with E-state index in [1.807, 2.05) is 54.6 Å². The number of halogens is 1. The van der Waals surface area contributed by atoms with Gasteiger partial charge >= 0.3 is 0 Å². The predicted molar refractivity (Wildman–Crippen MR) is 96.8 cm³/mol. The summed E-state index contributed by atoms with van der Waals surface area (Å²) in [5, 5.41) is 2.86. The van der Waals surface area contributed by atoms with Crippen LogP contribution < -0.4 is 14.8 Å². The van der Waals surface area contributed by atoms with Crippen LogP contribution in [0.15, 0.2) is 65.3 Å². The van der Waals surface area contributed by atoms with Crippen LogP contribution in [0, 0.1) is 0 Å². The first kappa shape index (κ1) is 17.4. The molecule has 3 rings (SSSR count). The van der Waals surface area contributed by atoms with Crippen LogP contribution in [0.2, 0.25) is 5.02 Å². The van der Waals surface area contributed by atoms with E-state index in [2.05, 4.69) is 5.32 Å². The normalized spacial score (nSPS) is 10.6. The largest absolute Gasteiger partial charge is 0.493 e. The fraction of sp³-hybridized carbons (Fsp3) is 0.200. The Morgan fingerprint density at radius 1 is 0.960 bits per heavy atom. The molecule has 3 aromatic rings. The van der Waals surface area contributed by atoms with Crippen molar-refractivity contribution in [1.29, 1.82) is 0 Å². The molecule has 0 aliphatic rings. The number of hydrogen-bond donors (Lipinski definition) is 1. The molecule has 0 radical (unpaired) electrons. The molecule has 2 aromatic carbocycles. The molecule has 0 fully saturated rings. The molecule has 0 aliphatic carbocycles. The van der Waals surface area contributed by atoms with Crippen LogP contribution in [0.4, 0.5) is 0 Å². The highest BCUT2D eigenvalue weighted by Crippen LogP contribution is 2.32. The molecule has 130 valence electrons. The molecular formula is C20H21ClNO3+. The minimum Gasteiger partial charge on any atom is -0.493 e. The van der Waals surface area contributed by atoms with Gasteiger partial charge in [0.15, 0.2) is 17.3 Å². The quantitative estimate of drug-likeness (QED) is 0.666. The molecular weight excluding hydrogens is 338 g/mol. The van der Waals surface area contributed by atoms with Gasteiger partial charge in [0.1, 0.15) is 19.7 Å². The summed E-state index contributed by atoms with van der Waals surface area (Å²) in [7, 11) is 1.65. The first-order chi connectivity index (χ1) is 12.3. The van der Waals surface area contributed by atoms with Gasteiger partial charge in [0, 0.05) is 10.6 Å². The van der Waals surface area contributed by atoms with Crippen LogP contribution in [0.25, 0.3) is 0 Å². The summed E-state index contributed by atoms with van der Waals surface area (Å²) < 4.78 is 16.9. The molecule has 5 heteroatoms. The van der Waals surface area contributed by atoms with Gasteiger partial charge in [0.05, 0.1) is 18.9 Å². The molecule has 0 saturated heterocycles. The second kappa shape index (κ2) is 8.60. The molecule has 1 heterocycles. The zero-order valence-corrected chi connectivity index (χ0v) is 14.8. The van der Waals surface area contributed by atoms with Gasteiger partial charge in [-0.3, -0.25) is 0 Å².